The standard InChI is InChI=1S/C15H24N2O2S/c1-4-7-13-10-12(15(18)19)11-14(16-13)20-9-8-17(5-2)6-3/h10-11H,4-9H2,1-3H3,(H,18,19). The van der Waals surface area contributed by atoms with Gasteiger partial charge in [0, 0.05) is 18.0 Å². The predicted molar refractivity (Wildman–Crippen MR) is 83.7 cm³/mol. The van der Waals surface area contributed by atoms with E-state index in [-0.39, 0.29) is 0 Å². The van der Waals surface area contributed by atoms with E-state index in [4.69, 9.17) is 5.11 Å². The fraction of sp³-hybridized carbons (Fsp3) is 0.600. The first kappa shape index (κ1) is 17.0. The van der Waals surface area contributed by atoms with Gasteiger partial charge in [0.05, 0.1) is 10.6 Å². The lowest BCUT2D eigenvalue weighted by Crippen LogP contribution is -2.25. The number of rotatable bonds is 9. The zero-order chi connectivity index (χ0) is 15.0. The molecule has 0 fully saturated rings. The van der Waals surface area contributed by atoms with Crippen LogP contribution in [0, 0.1) is 0 Å². The molecule has 1 aromatic rings. The van der Waals surface area contributed by atoms with Gasteiger partial charge in [-0.15, -0.1) is 11.8 Å². The van der Waals surface area contributed by atoms with Gasteiger partial charge in [0.25, 0.3) is 0 Å². The van der Waals surface area contributed by atoms with E-state index >= 15 is 0 Å². The number of carbonyl (C=O) groups is 1. The van der Waals surface area contributed by atoms with Crippen molar-refractivity contribution in [3.05, 3.63) is 23.4 Å². The normalized spacial score (nSPS) is 11.0. The summed E-state index contributed by atoms with van der Waals surface area (Å²) in [6.45, 7) is 9.46. The summed E-state index contributed by atoms with van der Waals surface area (Å²) in [5.74, 6) is 0.0545. The van der Waals surface area contributed by atoms with E-state index in [1.165, 1.54) is 0 Å². The first-order valence-electron chi connectivity index (χ1n) is 7.20. The Bertz CT molecular complexity index is 434. The Kier molecular flexibility index (Phi) is 7.62. The van der Waals surface area contributed by atoms with Gasteiger partial charge in [0.2, 0.25) is 0 Å². The minimum atomic E-state index is -0.879. The second kappa shape index (κ2) is 8.97. The lowest BCUT2D eigenvalue weighted by Gasteiger charge is -2.17. The van der Waals surface area contributed by atoms with Gasteiger partial charge >= 0.3 is 5.97 Å². The number of pyridine rings is 1. The Morgan fingerprint density at radius 1 is 1.30 bits per heavy atom. The molecule has 0 unspecified atom stereocenters. The van der Waals surface area contributed by atoms with Crippen LogP contribution in [0.2, 0.25) is 0 Å². The Morgan fingerprint density at radius 3 is 2.55 bits per heavy atom. The summed E-state index contributed by atoms with van der Waals surface area (Å²) in [6.07, 6.45) is 1.80. The highest BCUT2D eigenvalue weighted by molar-refractivity contribution is 7.99. The van der Waals surface area contributed by atoms with Crippen LogP contribution in [0.1, 0.15) is 43.2 Å². The number of nitrogens with zero attached hydrogens (tertiary/aromatic N) is 2. The molecule has 0 radical (unpaired) electrons. The summed E-state index contributed by atoms with van der Waals surface area (Å²) in [5.41, 5.74) is 1.21. The van der Waals surface area contributed by atoms with Crippen molar-refractivity contribution in [2.24, 2.45) is 0 Å². The number of aromatic carboxylic acids is 1. The molecule has 0 aliphatic carbocycles. The molecule has 0 aromatic carbocycles. The summed E-state index contributed by atoms with van der Waals surface area (Å²) in [6, 6.07) is 3.36. The summed E-state index contributed by atoms with van der Waals surface area (Å²) < 4.78 is 0. The average Bonchev–Trinajstić information content (AvgIpc) is 2.44. The molecule has 0 bridgehead atoms. The van der Waals surface area contributed by atoms with Gasteiger partial charge in [0.1, 0.15) is 0 Å². The number of aromatic nitrogens is 1. The second-order valence-electron chi connectivity index (χ2n) is 4.62. The highest BCUT2D eigenvalue weighted by Gasteiger charge is 2.09. The van der Waals surface area contributed by atoms with E-state index in [1.54, 1.807) is 23.9 Å². The van der Waals surface area contributed by atoms with Crippen LogP contribution in [-0.4, -0.2) is 46.3 Å². The highest BCUT2D eigenvalue weighted by Crippen LogP contribution is 2.19. The van der Waals surface area contributed by atoms with Crippen LogP contribution in [0.25, 0.3) is 0 Å². The van der Waals surface area contributed by atoms with Crippen molar-refractivity contribution < 1.29 is 9.90 Å². The summed E-state index contributed by atoms with van der Waals surface area (Å²) in [4.78, 5) is 18.0. The van der Waals surface area contributed by atoms with Gasteiger partial charge < -0.3 is 10.0 Å². The molecule has 0 aliphatic rings. The smallest absolute Gasteiger partial charge is 0.335 e. The lowest BCUT2D eigenvalue weighted by atomic mass is 10.2. The molecule has 112 valence electrons. The first-order valence-corrected chi connectivity index (χ1v) is 8.18. The molecule has 0 spiro atoms. The molecule has 5 heteroatoms. The van der Waals surface area contributed by atoms with Gasteiger partial charge in [0.15, 0.2) is 0 Å². The van der Waals surface area contributed by atoms with Crippen LogP contribution < -0.4 is 0 Å². The van der Waals surface area contributed by atoms with E-state index in [2.05, 4.69) is 30.7 Å². The Morgan fingerprint density at radius 2 is 2.00 bits per heavy atom. The van der Waals surface area contributed by atoms with Crippen molar-refractivity contribution in [1.29, 1.82) is 0 Å². The van der Waals surface area contributed by atoms with Crippen LogP contribution in [0.4, 0.5) is 0 Å². The quantitative estimate of drug-likeness (QED) is 0.709. The third kappa shape index (κ3) is 5.51. The number of carboxylic acid groups (broad SMARTS) is 1. The van der Waals surface area contributed by atoms with Crippen molar-refractivity contribution in [2.45, 2.75) is 38.6 Å². The van der Waals surface area contributed by atoms with Crippen LogP contribution in [0.15, 0.2) is 17.2 Å². The van der Waals surface area contributed by atoms with E-state index in [0.717, 1.165) is 48.9 Å². The maximum absolute atomic E-state index is 11.1. The topological polar surface area (TPSA) is 53.4 Å². The zero-order valence-corrected chi connectivity index (χ0v) is 13.4. The second-order valence-corrected chi connectivity index (χ2v) is 5.73. The number of aryl methyl sites for hydroxylation is 1. The van der Waals surface area contributed by atoms with Gasteiger partial charge in [-0.1, -0.05) is 27.2 Å². The fourth-order valence-corrected chi connectivity index (χ4v) is 2.91. The molecule has 20 heavy (non-hydrogen) atoms. The number of hydrogen-bond donors (Lipinski definition) is 1. The molecule has 0 saturated carbocycles. The van der Waals surface area contributed by atoms with Crippen molar-refractivity contribution in [2.75, 3.05) is 25.4 Å². The van der Waals surface area contributed by atoms with Crippen LogP contribution in [-0.2, 0) is 6.42 Å². The molecule has 1 N–H and O–H groups in total. The van der Waals surface area contributed by atoms with E-state index < -0.39 is 5.97 Å². The minimum Gasteiger partial charge on any atom is -0.478 e. The summed E-state index contributed by atoms with van der Waals surface area (Å²) in [7, 11) is 0. The van der Waals surface area contributed by atoms with Gasteiger partial charge in [-0.05, 0) is 31.6 Å². The number of hydrogen-bond acceptors (Lipinski definition) is 4. The van der Waals surface area contributed by atoms with Crippen molar-refractivity contribution >= 4 is 17.7 Å². The molecule has 0 aliphatic heterocycles. The lowest BCUT2D eigenvalue weighted by molar-refractivity contribution is 0.0696. The summed E-state index contributed by atoms with van der Waals surface area (Å²) in [5, 5.41) is 9.97. The molecule has 0 atom stereocenters. The van der Waals surface area contributed by atoms with Gasteiger partial charge in [-0.3, -0.25) is 0 Å². The SMILES string of the molecule is CCCc1cc(C(=O)O)cc(SCCN(CC)CC)n1. The fourth-order valence-electron chi connectivity index (χ4n) is 1.96. The highest BCUT2D eigenvalue weighted by atomic mass is 32.2. The van der Waals surface area contributed by atoms with E-state index in [1.807, 2.05) is 0 Å². The molecule has 1 aromatic heterocycles. The predicted octanol–water partition coefficient (Wildman–Crippen LogP) is 3.17. The maximum atomic E-state index is 11.1. The van der Waals surface area contributed by atoms with Crippen molar-refractivity contribution in [1.82, 2.24) is 9.88 Å². The zero-order valence-electron chi connectivity index (χ0n) is 12.6. The molecular weight excluding hydrogens is 272 g/mol. The van der Waals surface area contributed by atoms with E-state index in [9.17, 15) is 4.79 Å². The molecule has 0 saturated heterocycles. The summed E-state index contributed by atoms with van der Waals surface area (Å²) >= 11 is 1.63. The third-order valence-corrected chi connectivity index (χ3v) is 4.05. The number of thioether (sulfide) groups is 1. The third-order valence-electron chi connectivity index (χ3n) is 3.16. The largest absolute Gasteiger partial charge is 0.478 e. The van der Waals surface area contributed by atoms with Crippen molar-refractivity contribution in [3.8, 4) is 0 Å². The maximum Gasteiger partial charge on any atom is 0.335 e. The monoisotopic (exact) mass is 296 g/mol. The molecule has 1 heterocycles. The molecule has 1 rings (SSSR count). The Balaban J connectivity index is 2.70. The van der Waals surface area contributed by atoms with E-state index in [0.29, 0.717) is 5.56 Å². The minimum absolute atomic E-state index is 0.341. The number of carboxylic acids is 1. The molecular formula is C15H24N2O2S. The van der Waals surface area contributed by atoms with Gasteiger partial charge in [-0.25, -0.2) is 9.78 Å². The van der Waals surface area contributed by atoms with Crippen LogP contribution >= 0.6 is 11.8 Å². The van der Waals surface area contributed by atoms with Crippen LogP contribution in [0.3, 0.4) is 0 Å². The average molecular weight is 296 g/mol. The molecule has 4 nitrogen and oxygen atoms in total. The van der Waals surface area contributed by atoms with Gasteiger partial charge in [-0.2, -0.15) is 0 Å². The van der Waals surface area contributed by atoms with Crippen LogP contribution in [0.5, 0.6) is 0 Å². The first-order chi connectivity index (χ1) is 9.60. The van der Waals surface area contributed by atoms with Crippen molar-refractivity contribution in [3.63, 3.8) is 0 Å². The Hall–Kier alpha value is -1.07. The molecule has 0 amide bonds. The Labute approximate surface area is 125 Å².